The molecule has 0 fully saturated rings. The predicted molar refractivity (Wildman–Crippen MR) is 127 cm³/mol. The van der Waals surface area contributed by atoms with Crippen molar-refractivity contribution in [2.45, 2.75) is 0 Å². The highest BCUT2D eigenvalue weighted by Gasteiger charge is 2.12. The summed E-state index contributed by atoms with van der Waals surface area (Å²) in [5.74, 6) is 0. The molecule has 0 aliphatic carbocycles. The summed E-state index contributed by atoms with van der Waals surface area (Å²) in [5, 5.41) is 2.28. The van der Waals surface area contributed by atoms with E-state index in [1.54, 1.807) is 24.8 Å². The number of hydrogen-bond donors (Lipinski definition) is 2. The molecule has 2 N–H and O–H groups in total. The van der Waals surface area contributed by atoms with E-state index in [2.05, 4.69) is 66.3 Å². The van der Waals surface area contributed by atoms with Crippen molar-refractivity contribution in [3.05, 3.63) is 85.5 Å². The van der Waals surface area contributed by atoms with Gasteiger partial charge in [-0.2, -0.15) is 0 Å². The van der Waals surface area contributed by atoms with Crippen molar-refractivity contribution in [2.75, 3.05) is 0 Å². The Labute approximate surface area is 182 Å². The van der Waals surface area contributed by atoms with Crippen LogP contribution in [0.5, 0.6) is 0 Å². The van der Waals surface area contributed by atoms with E-state index in [-0.39, 0.29) is 0 Å². The van der Waals surface area contributed by atoms with Crippen LogP contribution in [0.1, 0.15) is 0 Å². The van der Waals surface area contributed by atoms with Crippen LogP contribution in [-0.4, -0.2) is 29.9 Å². The van der Waals surface area contributed by atoms with E-state index in [1.807, 2.05) is 24.3 Å². The summed E-state index contributed by atoms with van der Waals surface area (Å²) >= 11 is 0. The minimum absolute atomic E-state index is 0.888. The predicted octanol–water partition coefficient (Wildman–Crippen LogP) is 5.87. The number of hydrogen-bond acceptors (Lipinski definition) is 4. The van der Waals surface area contributed by atoms with Gasteiger partial charge in [0.05, 0.1) is 22.1 Å². The van der Waals surface area contributed by atoms with E-state index < -0.39 is 0 Å². The van der Waals surface area contributed by atoms with Crippen LogP contribution in [0.2, 0.25) is 0 Å². The number of nitrogens with one attached hydrogen (secondary N) is 2. The highest BCUT2D eigenvalue weighted by molar-refractivity contribution is 6.02. The molecule has 0 spiro atoms. The Morgan fingerprint density at radius 2 is 0.969 bits per heavy atom. The number of nitrogens with zero attached hydrogens (tertiary/aromatic N) is 4. The van der Waals surface area contributed by atoms with E-state index in [1.165, 1.54) is 0 Å². The van der Waals surface area contributed by atoms with E-state index in [4.69, 9.17) is 0 Å². The summed E-state index contributed by atoms with van der Waals surface area (Å²) in [6.07, 6.45) is 6.91. The summed E-state index contributed by atoms with van der Waals surface area (Å²) in [6.45, 7) is 0. The molecule has 0 saturated carbocycles. The average molecular weight is 412 g/mol. The molecule has 6 heteroatoms. The van der Waals surface area contributed by atoms with Gasteiger partial charge in [-0.3, -0.25) is 19.9 Å². The quantitative estimate of drug-likeness (QED) is 0.372. The summed E-state index contributed by atoms with van der Waals surface area (Å²) in [6, 6.07) is 20.9. The topological polar surface area (TPSA) is 83.1 Å². The van der Waals surface area contributed by atoms with Gasteiger partial charge in [0.25, 0.3) is 0 Å². The maximum Gasteiger partial charge on any atom is 0.0979 e. The first-order chi connectivity index (χ1) is 15.8. The van der Waals surface area contributed by atoms with E-state index in [0.717, 1.165) is 66.4 Å². The molecule has 4 heterocycles. The van der Waals surface area contributed by atoms with Gasteiger partial charge in [0.15, 0.2) is 0 Å². The van der Waals surface area contributed by atoms with Crippen LogP contribution in [0.15, 0.2) is 85.5 Å². The van der Waals surface area contributed by atoms with E-state index in [0.29, 0.717) is 0 Å². The lowest BCUT2D eigenvalue weighted by atomic mass is 10.1. The van der Waals surface area contributed by atoms with Gasteiger partial charge in [-0.25, -0.2) is 0 Å². The molecule has 0 atom stereocenters. The number of H-pyrrole nitrogens is 2. The molecule has 4 aromatic heterocycles. The Morgan fingerprint density at radius 3 is 1.47 bits per heavy atom. The van der Waals surface area contributed by atoms with Gasteiger partial charge >= 0.3 is 0 Å². The number of rotatable bonds is 2. The molecule has 0 aliphatic rings. The molecule has 7 rings (SSSR count). The molecule has 3 aromatic carbocycles. The lowest BCUT2D eigenvalue weighted by molar-refractivity contribution is 1.29. The van der Waals surface area contributed by atoms with Crippen LogP contribution in [0, 0.1) is 0 Å². The molecule has 0 unspecified atom stereocenters. The largest absolute Gasteiger partial charge is 0.354 e. The van der Waals surface area contributed by atoms with Crippen LogP contribution < -0.4 is 0 Å². The molecule has 0 bridgehead atoms. The second-order valence-electron chi connectivity index (χ2n) is 7.85. The number of aromatic amines is 2. The first kappa shape index (κ1) is 17.1. The van der Waals surface area contributed by atoms with Gasteiger partial charge in [-0.05, 0) is 36.4 Å². The third-order valence-electron chi connectivity index (χ3n) is 5.94. The lowest BCUT2D eigenvalue weighted by Crippen LogP contribution is -1.86. The van der Waals surface area contributed by atoms with Gasteiger partial charge in [0.2, 0.25) is 0 Å². The summed E-state index contributed by atoms with van der Waals surface area (Å²) in [4.78, 5) is 25.1. The number of fused-ring (bicyclic) bond motifs is 4. The highest BCUT2D eigenvalue weighted by Crippen LogP contribution is 2.33. The van der Waals surface area contributed by atoms with Gasteiger partial charge in [-0.1, -0.05) is 24.3 Å². The fourth-order valence-electron chi connectivity index (χ4n) is 4.47. The fourth-order valence-corrected chi connectivity index (χ4v) is 4.47. The van der Waals surface area contributed by atoms with Gasteiger partial charge in [0, 0.05) is 69.1 Å². The summed E-state index contributed by atoms with van der Waals surface area (Å²) in [7, 11) is 0. The molecule has 7 aromatic rings. The van der Waals surface area contributed by atoms with Crippen LogP contribution in [-0.2, 0) is 0 Å². The highest BCUT2D eigenvalue weighted by atomic mass is 14.8. The first-order valence-electron chi connectivity index (χ1n) is 10.4. The average Bonchev–Trinajstić information content (AvgIpc) is 3.44. The maximum atomic E-state index is 4.54. The molecule has 0 saturated heterocycles. The molecular formula is C26H16N6. The molecule has 0 aliphatic heterocycles. The number of benzene rings is 3. The van der Waals surface area contributed by atoms with Gasteiger partial charge < -0.3 is 9.97 Å². The first-order valence-corrected chi connectivity index (χ1v) is 10.4. The molecule has 0 amide bonds. The summed E-state index contributed by atoms with van der Waals surface area (Å²) < 4.78 is 0. The Bertz CT molecular complexity index is 1600. The normalized spacial score (nSPS) is 11.8. The second kappa shape index (κ2) is 6.46. The number of aromatic nitrogens is 6. The van der Waals surface area contributed by atoms with Crippen molar-refractivity contribution in [2.24, 2.45) is 0 Å². The molecule has 6 nitrogen and oxygen atoms in total. The minimum atomic E-state index is 0.888. The zero-order chi connectivity index (χ0) is 21.1. The Hall–Kier alpha value is -4.58. The van der Waals surface area contributed by atoms with E-state index in [9.17, 15) is 0 Å². The van der Waals surface area contributed by atoms with Crippen molar-refractivity contribution < 1.29 is 0 Å². The van der Waals surface area contributed by atoms with Crippen molar-refractivity contribution in [3.63, 3.8) is 0 Å². The monoisotopic (exact) mass is 412 g/mol. The van der Waals surface area contributed by atoms with Crippen molar-refractivity contribution >= 4 is 43.9 Å². The Balaban J connectivity index is 1.39. The smallest absolute Gasteiger partial charge is 0.0979 e. The standard InChI is InChI=1S/C26H16N6/c1-3-17(25-19(5-1)27-7-9-29-25)23-13-15-11-22-16(12-21(15)31-23)14-24(32-22)18-4-2-6-20-26(18)30-10-8-28-20/h1-14,31-32H. The zero-order valence-electron chi connectivity index (χ0n) is 16.9. The third-order valence-corrected chi connectivity index (χ3v) is 5.94. The molecular weight excluding hydrogens is 396 g/mol. The molecule has 0 radical (unpaired) electrons. The maximum absolute atomic E-state index is 4.54. The second-order valence-corrected chi connectivity index (χ2v) is 7.85. The van der Waals surface area contributed by atoms with Crippen molar-refractivity contribution in [1.29, 1.82) is 0 Å². The Morgan fingerprint density at radius 1 is 0.500 bits per heavy atom. The number of para-hydroxylation sites is 2. The minimum Gasteiger partial charge on any atom is -0.354 e. The van der Waals surface area contributed by atoms with Crippen LogP contribution >= 0.6 is 0 Å². The van der Waals surface area contributed by atoms with Gasteiger partial charge in [-0.15, -0.1) is 0 Å². The van der Waals surface area contributed by atoms with Crippen LogP contribution in [0.3, 0.4) is 0 Å². The lowest BCUT2D eigenvalue weighted by Gasteiger charge is -2.02. The Kier molecular flexibility index (Phi) is 3.46. The van der Waals surface area contributed by atoms with Crippen LogP contribution in [0.25, 0.3) is 66.4 Å². The van der Waals surface area contributed by atoms with Crippen molar-refractivity contribution in [1.82, 2.24) is 29.9 Å². The molecule has 150 valence electrons. The fraction of sp³-hybridized carbons (Fsp3) is 0. The van der Waals surface area contributed by atoms with E-state index >= 15 is 0 Å². The third kappa shape index (κ3) is 2.53. The van der Waals surface area contributed by atoms with Crippen LogP contribution in [0.4, 0.5) is 0 Å². The van der Waals surface area contributed by atoms with Crippen molar-refractivity contribution in [3.8, 4) is 22.5 Å². The SMILES string of the molecule is c1cc(-c2cc3cc4[nH]c(-c5cccc6nccnc56)cc4cc3[nH]2)c2nccnc2c1. The zero-order valence-corrected chi connectivity index (χ0v) is 16.9. The van der Waals surface area contributed by atoms with Gasteiger partial charge in [0.1, 0.15) is 0 Å². The molecule has 32 heavy (non-hydrogen) atoms. The summed E-state index contributed by atoms with van der Waals surface area (Å²) in [5.41, 5.74) is 9.88.